The van der Waals surface area contributed by atoms with Crippen molar-refractivity contribution in [2.24, 2.45) is 0 Å². The van der Waals surface area contributed by atoms with E-state index < -0.39 is 11.8 Å². The van der Waals surface area contributed by atoms with Crippen molar-refractivity contribution in [2.45, 2.75) is 26.4 Å². The van der Waals surface area contributed by atoms with Crippen LogP contribution in [0.15, 0.2) is 18.2 Å². The van der Waals surface area contributed by atoms with Gasteiger partial charge in [0.1, 0.15) is 0 Å². The summed E-state index contributed by atoms with van der Waals surface area (Å²) in [6, 6.07) is 6.04. The van der Waals surface area contributed by atoms with E-state index in [1.165, 1.54) is 17.4 Å². The number of amides is 1. The fraction of sp³-hybridized carbons (Fsp3) is 0.500. The van der Waals surface area contributed by atoms with E-state index in [0.717, 1.165) is 11.3 Å². The molecule has 1 saturated heterocycles. The van der Waals surface area contributed by atoms with E-state index in [0.29, 0.717) is 13.1 Å². The molecule has 2 rings (SSSR count). The molecule has 0 aliphatic carbocycles. The van der Waals surface area contributed by atoms with Gasteiger partial charge in [-0.3, -0.25) is 15.0 Å². The fourth-order valence-electron chi connectivity index (χ4n) is 3.09. The predicted molar refractivity (Wildman–Crippen MR) is 85.3 cm³/mol. The number of ketones is 1. The van der Waals surface area contributed by atoms with Gasteiger partial charge in [0.15, 0.2) is 11.4 Å². The number of carbonyl (C=O) groups excluding carboxylic acids is 1. The molecule has 0 bridgehead atoms. The third kappa shape index (κ3) is 2.54. The quantitative estimate of drug-likeness (QED) is 0.887. The molecule has 1 amide bonds. The molecule has 0 spiro atoms. The molecule has 120 valence electrons. The lowest BCUT2D eigenvalue weighted by molar-refractivity contribution is -0.130. The predicted octanol–water partition coefficient (Wildman–Crippen LogP) is 1.61. The van der Waals surface area contributed by atoms with Crippen LogP contribution in [0.2, 0.25) is 0 Å². The highest BCUT2D eigenvalue weighted by atomic mass is 16.4. The number of rotatable bonds is 3. The van der Waals surface area contributed by atoms with Crippen LogP contribution in [0.25, 0.3) is 0 Å². The first kappa shape index (κ1) is 16.3. The maximum Gasteiger partial charge on any atom is 0.409 e. The third-order valence-corrected chi connectivity index (χ3v) is 4.62. The van der Waals surface area contributed by atoms with Gasteiger partial charge in [0.25, 0.3) is 0 Å². The second-order valence-corrected chi connectivity index (χ2v) is 5.74. The standard InChI is InChI=1S/C16H23N3O3/c1-11-6-5-7-14(12(11)2)18-8-9-19(15(21)22)16(10-18,17-4)13(3)20/h5-7,17H,8-10H2,1-4H3,(H,21,22). The van der Waals surface area contributed by atoms with Crippen molar-refractivity contribution in [2.75, 3.05) is 31.6 Å². The summed E-state index contributed by atoms with van der Waals surface area (Å²) >= 11 is 0. The molecular formula is C16H23N3O3. The number of anilines is 1. The SMILES string of the molecule is CNC1(C(C)=O)CN(c2cccc(C)c2C)CCN1C(=O)O. The van der Waals surface area contributed by atoms with Crippen LogP contribution in [0.4, 0.5) is 10.5 Å². The van der Waals surface area contributed by atoms with E-state index in [-0.39, 0.29) is 12.3 Å². The maximum atomic E-state index is 12.2. The fourth-order valence-corrected chi connectivity index (χ4v) is 3.09. The van der Waals surface area contributed by atoms with Gasteiger partial charge in [-0.25, -0.2) is 4.79 Å². The highest BCUT2D eigenvalue weighted by Gasteiger charge is 2.47. The summed E-state index contributed by atoms with van der Waals surface area (Å²) in [6.45, 7) is 6.66. The number of carboxylic acid groups (broad SMARTS) is 1. The van der Waals surface area contributed by atoms with Crippen molar-refractivity contribution in [1.29, 1.82) is 0 Å². The summed E-state index contributed by atoms with van der Waals surface area (Å²) in [6.07, 6.45) is -1.08. The number of carbonyl (C=O) groups is 2. The van der Waals surface area contributed by atoms with E-state index in [9.17, 15) is 14.7 Å². The van der Waals surface area contributed by atoms with E-state index in [1.807, 2.05) is 32.0 Å². The Morgan fingerprint density at radius 1 is 1.27 bits per heavy atom. The Kier molecular flexibility index (Phi) is 4.42. The lowest BCUT2D eigenvalue weighted by Gasteiger charge is -2.48. The second kappa shape index (κ2) is 5.96. The first-order valence-corrected chi connectivity index (χ1v) is 7.35. The normalized spacial score (nSPS) is 21.8. The van der Waals surface area contributed by atoms with Crippen molar-refractivity contribution in [3.63, 3.8) is 0 Å². The first-order chi connectivity index (χ1) is 10.3. The van der Waals surface area contributed by atoms with E-state index in [2.05, 4.69) is 10.2 Å². The number of nitrogens with one attached hydrogen (secondary N) is 1. The lowest BCUT2D eigenvalue weighted by atomic mass is 9.98. The van der Waals surface area contributed by atoms with Crippen LogP contribution in [-0.4, -0.2) is 54.2 Å². The van der Waals surface area contributed by atoms with Crippen molar-refractivity contribution < 1.29 is 14.7 Å². The lowest BCUT2D eigenvalue weighted by Crippen LogP contribution is -2.73. The van der Waals surface area contributed by atoms with Crippen LogP contribution < -0.4 is 10.2 Å². The van der Waals surface area contributed by atoms with E-state index in [1.54, 1.807) is 7.05 Å². The summed E-state index contributed by atoms with van der Waals surface area (Å²) in [5.74, 6) is -0.201. The molecule has 1 aromatic carbocycles. The number of hydrogen-bond acceptors (Lipinski definition) is 4. The third-order valence-electron chi connectivity index (χ3n) is 4.62. The Labute approximate surface area is 130 Å². The molecule has 1 aliphatic heterocycles. The van der Waals surface area contributed by atoms with Crippen molar-refractivity contribution in [1.82, 2.24) is 10.2 Å². The van der Waals surface area contributed by atoms with Gasteiger partial charge in [-0.1, -0.05) is 12.1 Å². The van der Waals surface area contributed by atoms with Gasteiger partial charge in [0.2, 0.25) is 0 Å². The molecule has 1 heterocycles. The van der Waals surface area contributed by atoms with Crippen LogP contribution >= 0.6 is 0 Å². The number of Topliss-reactive ketones (excluding diaryl/α,β-unsaturated/α-hetero) is 1. The average molecular weight is 305 g/mol. The molecule has 22 heavy (non-hydrogen) atoms. The molecular weight excluding hydrogens is 282 g/mol. The molecule has 0 aromatic heterocycles. The van der Waals surface area contributed by atoms with Gasteiger partial charge < -0.3 is 10.0 Å². The van der Waals surface area contributed by atoms with Crippen LogP contribution in [0.3, 0.4) is 0 Å². The molecule has 0 saturated carbocycles. The zero-order valence-corrected chi connectivity index (χ0v) is 13.5. The minimum absolute atomic E-state index is 0.201. The summed E-state index contributed by atoms with van der Waals surface area (Å²) in [4.78, 5) is 27.0. The van der Waals surface area contributed by atoms with E-state index in [4.69, 9.17) is 0 Å². The summed E-state index contributed by atoms with van der Waals surface area (Å²) in [7, 11) is 1.63. The van der Waals surface area contributed by atoms with Gasteiger partial charge in [0.05, 0.1) is 6.54 Å². The van der Waals surface area contributed by atoms with Crippen LogP contribution in [0.1, 0.15) is 18.1 Å². The van der Waals surface area contributed by atoms with Crippen molar-refractivity contribution >= 4 is 17.6 Å². The molecule has 1 aliphatic rings. The Bertz CT molecular complexity index is 602. The Hall–Kier alpha value is -2.08. The topological polar surface area (TPSA) is 72.9 Å². The molecule has 0 radical (unpaired) electrons. The smallest absolute Gasteiger partial charge is 0.409 e. The molecule has 1 atom stereocenters. The van der Waals surface area contributed by atoms with Crippen LogP contribution in [-0.2, 0) is 4.79 Å². The number of piperazine rings is 1. The molecule has 6 heteroatoms. The largest absolute Gasteiger partial charge is 0.465 e. The number of aryl methyl sites for hydroxylation is 1. The highest BCUT2D eigenvalue weighted by molar-refractivity contribution is 5.90. The van der Waals surface area contributed by atoms with Gasteiger partial charge in [-0.15, -0.1) is 0 Å². The molecule has 1 unspecified atom stereocenters. The summed E-state index contributed by atoms with van der Waals surface area (Å²) in [5.41, 5.74) is 2.17. The number of nitrogens with zero attached hydrogens (tertiary/aromatic N) is 2. The van der Waals surface area contributed by atoms with Gasteiger partial charge >= 0.3 is 6.09 Å². The Morgan fingerprint density at radius 3 is 2.50 bits per heavy atom. The van der Waals surface area contributed by atoms with E-state index >= 15 is 0 Å². The van der Waals surface area contributed by atoms with Crippen LogP contribution in [0, 0.1) is 13.8 Å². The summed E-state index contributed by atoms with van der Waals surface area (Å²) in [5, 5.41) is 12.4. The van der Waals surface area contributed by atoms with Crippen LogP contribution in [0.5, 0.6) is 0 Å². The number of hydrogen-bond donors (Lipinski definition) is 2. The Morgan fingerprint density at radius 2 is 1.95 bits per heavy atom. The molecule has 1 aromatic rings. The molecule has 2 N–H and O–H groups in total. The second-order valence-electron chi connectivity index (χ2n) is 5.74. The minimum atomic E-state index is -1.21. The zero-order chi connectivity index (χ0) is 16.5. The number of benzene rings is 1. The van der Waals surface area contributed by atoms with Crippen molar-refractivity contribution in [3.8, 4) is 0 Å². The summed E-state index contributed by atoms with van der Waals surface area (Å²) < 4.78 is 0. The van der Waals surface area contributed by atoms with Crippen molar-refractivity contribution in [3.05, 3.63) is 29.3 Å². The minimum Gasteiger partial charge on any atom is -0.465 e. The van der Waals surface area contributed by atoms with Gasteiger partial charge in [0, 0.05) is 18.8 Å². The monoisotopic (exact) mass is 305 g/mol. The zero-order valence-electron chi connectivity index (χ0n) is 13.5. The average Bonchev–Trinajstić information content (AvgIpc) is 2.48. The molecule has 6 nitrogen and oxygen atoms in total. The Balaban J connectivity index is 2.42. The molecule has 1 fully saturated rings. The number of likely N-dealkylation sites (N-methyl/N-ethyl adjacent to an activating group) is 1. The first-order valence-electron chi connectivity index (χ1n) is 7.35. The highest BCUT2D eigenvalue weighted by Crippen LogP contribution is 2.28. The maximum absolute atomic E-state index is 12.2. The van der Waals surface area contributed by atoms with Gasteiger partial charge in [-0.2, -0.15) is 0 Å². The van der Waals surface area contributed by atoms with Gasteiger partial charge in [-0.05, 0) is 45.0 Å².